The number of hydrogen-bond acceptors (Lipinski definition) is 2. The van der Waals surface area contributed by atoms with Crippen LogP contribution in [0.25, 0.3) is 0 Å². The van der Waals surface area contributed by atoms with E-state index in [4.69, 9.17) is 5.11 Å². The van der Waals surface area contributed by atoms with Crippen LogP contribution in [0, 0.1) is 0 Å². The number of carbonyl (C=O) groups excluding carboxylic acids is 1. The summed E-state index contributed by atoms with van der Waals surface area (Å²) in [5, 5.41) is 8.81. The number of anilines is 1. The molecule has 82 valence electrons. The first kappa shape index (κ1) is 9.39. The van der Waals surface area contributed by atoms with Gasteiger partial charge in [-0.15, -0.1) is 0 Å². The van der Waals surface area contributed by atoms with Crippen molar-refractivity contribution in [3.05, 3.63) is 29.8 Å². The molecule has 1 aliphatic heterocycles. The zero-order chi connectivity index (χ0) is 11.3. The number of benzene rings is 1. The molecule has 0 bridgehead atoms. The van der Waals surface area contributed by atoms with Crippen molar-refractivity contribution in [2.45, 2.75) is 18.3 Å². The molecule has 0 saturated heterocycles. The van der Waals surface area contributed by atoms with E-state index < -0.39 is 5.97 Å². The predicted molar refractivity (Wildman–Crippen MR) is 57.3 cm³/mol. The summed E-state index contributed by atoms with van der Waals surface area (Å²) < 4.78 is 0. The van der Waals surface area contributed by atoms with E-state index in [2.05, 4.69) is 0 Å². The average molecular weight is 217 g/mol. The monoisotopic (exact) mass is 217 g/mol. The molecular weight excluding hydrogens is 206 g/mol. The lowest BCUT2D eigenvalue weighted by Gasteiger charge is -2.14. The van der Waals surface area contributed by atoms with E-state index in [0.717, 1.165) is 24.1 Å². The first-order valence-corrected chi connectivity index (χ1v) is 5.28. The highest BCUT2D eigenvalue weighted by Gasteiger charge is 2.59. The molecule has 4 heteroatoms. The van der Waals surface area contributed by atoms with Crippen LogP contribution in [0.4, 0.5) is 5.69 Å². The summed E-state index contributed by atoms with van der Waals surface area (Å²) in [5.74, 6) is -1.02. The van der Waals surface area contributed by atoms with Crippen molar-refractivity contribution in [2.24, 2.45) is 0 Å². The maximum atomic E-state index is 12.1. The summed E-state index contributed by atoms with van der Waals surface area (Å²) in [5.41, 5.74) is 1.39. The van der Waals surface area contributed by atoms with Crippen molar-refractivity contribution < 1.29 is 14.7 Å². The Kier molecular flexibility index (Phi) is 1.67. The van der Waals surface area contributed by atoms with Crippen LogP contribution >= 0.6 is 0 Å². The number of carboxylic acids is 1. The van der Waals surface area contributed by atoms with Gasteiger partial charge >= 0.3 is 5.97 Å². The van der Waals surface area contributed by atoms with Gasteiger partial charge in [0.2, 0.25) is 5.91 Å². The van der Waals surface area contributed by atoms with E-state index in [0.29, 0.717) is 0 Å². The lowest BCUT2D eigenvalue weighted by molar-refractivity contribution is -0.136. The Bertz CT molecular complexity index is 491. The van der Waals surface area contributed by atoms with Gasteiger partial charge in [-0.3, -0.25) is 9.59 Å². The van der Waals surface area contributed by atoms with Crippen molar-refractivity contribution in [1.29, 1.82) is 0 Å². The molecule has 4 nitrogen and oxygen atoms in total. The summed E-state index contributed by atoms with van der Waals surface area (Å²) in [6.45, 7) is -0.238. The summed E-state index contributed by atoms with van der Waals surface area (Å²) in [7, 11) is 0. The second kappa shape index (κ2) is 2.84. The van der Waals surface area contributed by atoms with Crippen molar-refractivity contribution in [3.8, 4) is 0 Å². The molecule has 2 aliphatic rings. The summed E-state index contributed by atoms with van der Waals surface area (Å²) in [6.07, 6.45) is 1.69. The minimum Gasteiger partial charge on any atom is -0.480 e. The lowest BCUT2D eigenvalue weighted by Crippen LogP contribution is -2.36. The van der Waals surface area contributed by atoms with Gasteiger partial charge in [-0.2, -0.15) is 0 Å². The van der Waals surface area contributed by atoms with Crippen LogP contribution in [0.15, 0.2) is 24.3 Å². The third kappa shape index (κ3) is 1.04. The molecule has 0 unspecified atom stereocenters. The van der Waals surface area contributed by atoms with Gasteiger partial charge in [0.25, 0.3) is 0 Å². The molecule has 16 heavy (non-hydrogen) atoms. The van der Waals surface area contributed by atoms with Crippen molar-refractivity contribution in [1.82, 2.24) is 0 Å². The third-order valence-corrected chi connectivity index (χ3v) is 3.41. The normalized spacial score (nSPS) is 20.0. The second-order valence-corrected chi connectivity index (χ2v) is 4.38. The molecule has 1 fully saturated rings. The van der Waals surface area contributed by atoms with Gasteiger partial charge in [-0.05, 0) is 24.5 Å². The minimum atomic E-state index is -0.971. The summed E-state index contributed by atoms with van der Waals surface area (Å²) >= 11 is 0. The van der Waals surface area contributed by atoms with Gasteiger partial charge < -0.3 is 10.0 Å². The number of carboxylic acid groups (broad SMARTS) is 1. The highest BCUT2D eigenvalue weighted by molar-refractivity contribution is 6.11. The molecule has 1 heterocycles. The van der Waals surface area contributed by atoms with E-state index in [9.17, 15) is 9.59 Å². The number of amides is 1. The molecule has 1 aromatic carbocycles. The molecule has 1 aliphatic carbocycles. The third-order valence-electron chi connectivity index (χ3n) is 3.41. The standard InChI is InChI=1S/C12H11NO3/c14-10(15)7-13-9-4-2-1-3-8(9)12(5-6-12)11(13)16/h1-4H,5-7H2,(H,14,15). The zero-order valence-electron chi connectivity index (χ0n) is 8.64. The summed E-state index contributed by atoms with van der Waals surface area (Å²) in [4.78, 5) is 24.3. The van der Waals surface area contributed by atoms with E-state index in [-0.39, 0.29) is 17.9 Å². The van der Waals surface area contributed by atoms with Gasteiger partial charge in [0.1, 0.15) is 6.54 Å². The smallest absolute Gasteiger partial charge is 0.323 e. The van der Waals surface area contributed by atoms with Crippen LogP contribution in [-0.2, 0) is 15.0 Å². The molecule has 1 N–H and O–H groups in total. The van der Waals surface area contributed by atoms with E-state index in [1.54, 1.807) is 0 Å². The van der Waals surface area contributed by atoms with E-state index in [1.807, 2.05) is 24.3 Å². The van der Waals surface area contributed by atoms with Gasteiger partial charge in [-0.25, -0.2) is 0 Å². The Balaban J connectivity index is 2.09. The largest absolute Gasteiger partial charge is 0.480 e. The Hall–Kier alpha value is -1.84. The van der Waals surface area contributed by atoms with Gasteiger partial charge in [0.15, 0.2) is 0 Å². The topological polar surface area (TPSA) is 57.6 Å². The first-order chi connectivity index (χ1) is 7.65. The quantitative estimate of drug-likeness (QED) is 0.808. The maximum Gasteiger partial charge on any atom is 0.323 e. The molecule has 0 atom stereocenters. The fraction of sp³-hybridized carbons (Fsp3) is 0.333. The molecule has 1 aromatic rings. The van der Waals surface area contributed by atoms with Crippen LogP contribution in [0.3, 0.4) is 0 Å². The Morgan fingerprint density at radius 1 is 1.38 bits per heavy atom. The number of nitrogens with zero attached hydrogens (tertiary/aromatic N) is 1. The fourth-order valence-corrected chi connectivity index (χ4v) is 2.50. The lowest BCUT2D eigenvalue weighted by atomic mass is 9.98. The Morgan fingerprint density at radius 3 is 2.69 bits per heavy atom. The average Bonchev–Trinajstić information content (AvgIpc) is 3.02. The summed E-state index contributed by atoms with van der Waals surface area (Å²) in [6, 6.07) is 7.49. The number of rotatable bonds is 2. The number of fused-ring (bicyclic) bond motifs is 2. The van der Waals surface area contributed by atoms with Crippen molar-refractivity contribution >= 4 is 17.6 Å². The van der Waals surface area contributed by atoms with Crippen molar-refractivity contribution in [3.63, 3.8) is 0 Å². The highest BCUT2D eigenvalue weighted by Crippen LogP contribution is 2.57. The second-order valence-electron chi connectivity index (χ2n) is 4.38. The van der Waals surface area contributed by atoms with E-state index in [1.165, 1.54) is 4.90 Å². The highest BCUT2D eigenvalue weighted by atomic mass is 16.4. The molecule has 1 spiro atoms. The molecule has 1 amide bonds. The van der Waals surface area contributed by atoms with Crippen molar-refractivity contribution in [2.75, 3.05) is 11.4 Å². The van der Waals surface area contributed by atoms with Gasteiger partial charge in [0, 0.05) is 5.69 Å². The maximum absolute atomic E-state index is 12.1. The zero-order valence-corrected chi connectivity index (χ0v) is 8.64. The Morgan fingerprint density at radius 2 is 2.06 bits per heavy atom. The molecule has 3 rings (SSSR count). The molecule has 0 aromatic heterocycles. The predicted octanol–water partition coefficient (Wildman–Crippen LogP) is 1.15. The van der Waals surface area contributed by atoms with Crippen LogP contribution < -0.4 is 4.90 Å². The van der Waals surface area contributed by atoms with Gasteiger partial charge in [0.05, 0.1) is 5.41 Å². The number of carbonyl (C=O) groups is 2. The van der Waals surface area contributed by atoms with Crippen LogP contribution in [0.1, 0.15) is 18.4 Å². The first-order valence-electron chi connectivity index (χ1n) is 5.28. The number of para-hydroxylation sites is 1. The fourth-order valence-electron chi connectivity index (χ4n) is 2.50. The SMILES string of the molecule is O=C(O)CN1C(=O)C2(CC2)c2ccccc21. The van der Waals surface area contributed by atoms with E-state index >= 15 is 0 Å². The molecular formula is C12H11NO3. The number of aliphatic carboxylic acids is 1. The number of hydrogen-bond donors (Lipinski definition) is 1. The van der Waals surface area contributed by atoms with Crippen LogP contribution in [0.2, 0.25) is 0 Å². The van der Waals surface area contributed by atoms with Gasteiger partial charge in [-0.1, -0.05) is 18.2 Å². The Labute approximate surface area is 92.5 Å². The van der Waals surface area contributed by atoms with Crippen LogP contribution in [-0.4, -0.2) is 23.5 Å². The molecule has 1 saturated carbocycles. The minimum absolute atomic E-state index is 0.0453. The molecule has 0 radical (unpaired) electrons. The van der Waals surface area contributed by atoms with Crippen LogP contribution in [0.5, 0.6) is 0 Å².